The molecule has 184 valence electrons. The quantitative estimate of drug-likeness (QED) is 0.489. The van der Waals surface area contributed by atoms with Crippen molar-refractivity contribution in [3.05, 3.63) is 17.5 Å². The summed E-state index contributed by atoms with van der Waals surface area (Å²) >= 11 is 0. The second-order valence-corrected chi connectivity index (χ2v) is 10.1. The third-order valence-electron chi connectivity index (χ3n) is 5.34. The Morgan fingerprint density at radius 3 is 2.61 bits per heavy atom. The lowest BCUT2D eigenvalue weighted by atomic mass is 9.97. The number of nitrogens with one attached hydrogen (secondary N) is 4. The summed E-state index contributed by atoms with van der Waals surface area (Å²) in [5.41, 5.74) is 1.45. The van der Waals surface area contributed by atoms with Crippen molar-refractivity contribution in [3.8, 4) is 0 Å². The molecular weight excluding hydrogens is 426 g/mol. The average Bonchev–Trinajstić information content (AvgIpc) is 3.16. The normalized spacial score (nSPS) is 18.9. The zero-order valence-corrected chi connectivity index (χ0v) is 20.2. The van der Waals surface area contributed by atoms with E-state index in [2.05, 4.69) is 26.1 Å². The van der Waals surface area contributed by atoms with Gasteiger partial charge in [0.2, 0.25) is 11.7 Å². The molecule has 1 aliphatic heterocycles. The molecule has 0 bridgehead atoms. The van der Waals surface area contributed by atoms with Gasteiger partial charge in [0.15, 0.2) is 0 Å². The monoisotopic (exact) mass is 463 g/mol. The number of fused-ring (bicyclic) bond motifs is 1. The van der Waals surface area contributed by atoms with E-state index < -0.39 is 35.8 Å². The van der Waals surface area contributed by atoms with E-state index in [1.165, 1.54) is 0 Å². The number of carbonyl (C=O) groups is 4. The van der Waals surface area contributed by atoms with E-state index in [4.69, 9.17) is 4.74 Å². The maximum Gasteiger partial charge on any atom is 0.407 e. The maximum atomic E-state index is 13.1. The van der Waals surface area contributed by atoms with Gasteiger partial charge in [-0.2, -0.15) is 5.10 Å². The van der Waals surface area contributed by atoms with Crippen LogP contribution in [0.5, 0.6) is 0 Å². The van der Waals surface area contributed by atoms with Crippen molar-refractivity contribution in [3.63, 3.8) is 0 Å². The Hall–Kier alpha value is -2.91. The van der Waals surface area contributed by atoms with Crippen LogP contribution in [0.3, 0.4) is 0 Å². The number of hydrogen-bond acceptors (Lipinski definition) is 6. The van der Waals surface area contributed by atoms with E-state index in [0.717, 1.165) is 36.9 Å². The van der Waals surface area contributed by atoms with E-state index >= 15 is 0 Å². The van der Waals surface area contributed by atoms with Crippen LogP contribution in [-0.2, 0) is 32.0 Å². The van der Waals surface area contributed by atoms with Crippen molar-refractivity contribution in [1.82, 2.24) is 26.1 Å². The molecule has 0 saturated heterocycles. The zero-order valence-electron chi connectivity index (χ0n) is 20.2. The van der Waals surface area contributed by atoms with Crippen LogP contribution in [0.2, 0.25) is 0 Å². The Kier molecular flexibility index (Phi) is 9.43. The summed E-state index contributed by atoms with van der Waals surface area (Å²) in [6, 6.07) is -2.01. The molecule has 1 aromatic heterocycles. The highest BCUT2D eigenvalue weighted by atomic mass is 16.5. The number of aromatic amines is 1. The van der Waals surface area contributed by atoms with Crippen molar-refractivity contribution in [2.75, 3.05) is 13.2 Å². The molecule has 1 aliphatic rings. The summed E-state index contributed by atoms with van der Waals surface area (Å²) in [5, 5.41) is 14.9. The Bertz CT molecular complexity index is 843. The first-order chi connectivity index (χ1) is 15.5. The lowest BCUT2D eigenvalue weighted by Crippen LogP contribution is -2.56. The van der Waals surface area contributed by atoms with Gasteiger partial charge in [-0.3, -0.25) is 19.5 Å². The van der Waals surface area contributed by atoms with Crippen molar-refractivity contribution >= 4 is 23.7 Å². The Balaban J connectivity index is 2.16. The summed E-state index contributed by atoms with van der Waals surface area (Å²) < 4.78 is 5.22. The first-order valence-corrected chi connectivity index (χ1v) is 11.5. The van der Waals surface area contributed by atoms with Gasteiger partial charge in [0.25, 0.3) is 5.91 Å². The third kappa shape index (κ3) is 8.51. The summed E-state index contributed by atoms with van der Waals surface area (Å²) in [6.07, 6.45) is 4.41. The number of amides is 3. The summed E-state index contributed by atoms with van der Waals surface area (Å²) in [7, 11) is 0. The zero-order chi connectivity index (χ0) is 24.6. The highest BCUT2D eigenvalue weighted by Crippen LogP contribution is 2.15. The molecule has 3 amide bonds. The van der Waals surface area contributed by atoms with Gasteiger partial charge in [-0.05, 0) is 36.2 Å². The number of ketones is 1. The van der Waals surface area contributed by atoms with Gasteiger partial charge in [-0.15, -0.1) is 0 Å². The van der Waals surface area contributed by atoms with Gasteiger partial charge < -0.3 is 20.7 Å². The Morgan fingerprint density at radius 2 is 1.94 bits per heavy atom. The standard InChI is InChI=1S/C23H37N5O5/c1-14(2)18(27-22(32)33-13-23(3,4)5)20(30)26-17-11-15-12-25-28-16(15)9-7-6-8-10-24-21(31)19(17)29/h12,14,17-18H,6-11,13H2,1-5H3,(H,24,31)(H,25,28)(H,26,30)(H,27,32). The molecule has 2 heterocycles. The van der Waals surface area contributed by atoms with E-state index in [1.807, 2.05) is 20.8 Å². The van der Waals surface area contributed by atoms with E-state index in [1.54, 1.807) is 20.0 Å². The van der Waals surface area contributed by atoms with Crippen molar-refractivity contribution in [1.29, 1.82) is 0 Å². The predicted molar refractivity (Wildman–Crippen MR) is 122 cm³/mol. The van der Waals surface area contributed by atoms with Gasteiger partial charge in [-0.1, -0.05) is 41.0 Å². The number of alkyl carbamates (subject to hydrolysis) is 1. The molecule has 2 unspecified atom stereocenters. The van der Waals surface area contributed by atoms with Crippen LogP contribution in [0.25, 0.3) is 0 Å². The van der Waals surface area contributed by atoms with Gasteiger partial charge in [0.1, 0.15) is 12.1 Å². The summed E-state index contributed by atoms with van der Waals surface area (Å²) in [6.45, 7) is 9.93. The molecule has 4 N–H and O–H groups in total. The smallest absolute Gasteiger partial charge is 0.407 e. The third-order valence-corrected chi connectivity index (χ3v) is 5.34. The first kappa shape index (κ1) is 26.3. The number of carbonyl (C=O) groups excluding carboxylic acids is 4. The second kappa shape index (κ2) is 11.8. The minimum atomic E-state index is -1.08. The van der Waals surface area contributed by atoms with Crippen molar-refractivity contribution < 1.29 is 23.9 Å². The molecular formula is C23H37N5O5. The molecule has 0 spiro atoms. The fraction of sp³-hybridized carbons (Fsp3) is 0.696. The van der Waals surface area contributed by atoms with Crippen LogP contribution >= 0.6 is 0 Å². The van der Waals surface area contributed by atoms with E-state index in [-0.39, 0.29) is 24.4 Å². The number of ether oxygens (including phenoxy) is 1. The molecule has 1 aromatic rings. The number of H-pyrrole nitrogens is 1. The highest BCUT2D eigenvalue weighted by molar-refractivity contribution is 6.38. The molecule has 2 rings (SSSR count). The molecule has 0 aliphatic carbocycles. The fourth-order valence-electron chi connectivity index (χ4n) is 3.46. The highest BCUT2D eigenvalue weighted by Gasteiger charge is 2.33. The second-order valence-electron chi connectivity index (χ2n) is 10.1. The Labute approximate surface area is 195 Å². The van der Waals surface area contributed by atoms with Crippen molar-refractivity contribution in [2.24, 2.45) is 11.3 Å². The Morgan fingerprint density at radius 1 is 1.21 bits per heavy atom. The van der Waals surface area contributed by atoms with Crippen LogP contribution in [0, 0.1) is 11.3 Å². The van der Waals surface area contributed by atoms with Crippen LogP contribution in [0.4, 0.5) is 4.79 Å². The SMILES string of the molecule is CC(C)C(NC(=O)OCC(C)(C)C)C(=O)NC1Cc2cn[nH]c2CCCCCNC(=O)C1=O. The molecule has 33 heavy (non-hydrogen) atoms. The molecule has 0 fully saturated rings. The first-order valence-electron chi connectivity index (χ1n) is 11.5. The van der Waals surface area contributed by atoms with Crippen LogP contribution in [0.1, 0.15) is 65.1 Å². The number of aryl methyl sites for hydroxylation is 1. The predicted octanol–water partition coefficient (Wildman–Crippen LogP) is 1.65. The number of rotatable bonds is 5. The van der Waals surface area contributed by atoms with Gasteiger partial charge in [0, 0.05) is 18.7 Å². The van der Waals surface area contributed by atoms with Crippen molar-refractivity contribution in [2.45, 2.75) is 78.8 Å². The van der Waals surface area contributed by atoms with Crippen LogP contribution < -0.4 is 16.0 Å². The average molecular weight is 464 g/mol. The molecule has 10 heteroatoms. The molecule has 0 radical (unpaired) electrons. The number of hydrogen-bond donors (Lipinski definition) is 4. The molecule has 10 nitrogen and oxygen atoms in total. The topological polar surface area (TPSA) is 142 Å². The van der Waals surface area contributed by atoms with Crippen LogP contribution in [0.15, 0.2) is 6.20 Å². The lowest BCUT2D eigenvalue weighted by molar-refractivity contribution is -0.140. The molecule has 0 saturated carbocycles. The van der Waals surface area contributed by atoms with E-state index in [0.29, 0.717) is 6.54 Å². The lowest BCUT2D eigenvalue weighted by Gasteiger charge is -2.25. The number of nitrogens with zero attached hydrogens (tertiary/aromatic N) is 1. The van der Waals surface area contributed by atoms with Gasteiger partial charge in [0.05, 0.1) is 12.8 Å². The van der Waals surface area contributed by atoms with E-state index in [9.17, 15) is 19.2 Å². The van der Waals surface area contributed by atoms with Gasteiger partial charge >= 0.3 is 6.09 Å². The molecule has 0 aromatic carbocycles. The fourth-order valence-corrected chi connectivity index (χ4v) is 3.46. The minimum Gasteiger partial charge on any atom is -0.449 e. The molecule has 2 atom stereocenters. The summed E-state index contributed by atoms with van der Waals surface area (Å²) in [4.78, 5) is 50.6. The summed E-state index contributed by atoms with van der Waals surface area (Å²) in [5.74, 6) is -2.29. The van der Waals surface area contributed by atoms with Crippen LogP contribution in [-0.4, -0.2) is 59.1 Å². The van der Waals surface area contributed by atoms with Gasteiger partial charge in [-0.25, -0.2) is 4.79 Å². The largest absolute Gasteiger partial charge is 0.449 e. The minimum absolute atomic E-state index is 0.128. The number of aromatic nitrogens is 2. The maximum absolute atomic E-state index is 13.1. The number of Topliss-reactive ketones (excluding diaryl/α,β-unsaturated/α-hetero) is 1.